The number of carbonyl (C=O) groups is 1. The van der Waals surface area contributed by atoms with Gasteiger partial charge in [-0.1, -0.05) is 35.9 Å². The van der Waals surface area contributed by atoms with Gasteiger partial charge in [0.05, 0.1) is 18.7 Å². The number of hydrogen-bond acceptors (Lipinski definition) is 3. The van der Waals surface area contributed by atoms with E-state index in [0.29, 0.717) is 10.7 Å². The predicted molar refractivity (Wildman–Crippen MR) is 91.6 cm³/mol. The zero-order chi connectivity index (χ0) is 16.3. The van der Waals surface area contributed by atoms with Crippen LogP contribution in [0.2, 0.25) is 5.02 Å². The van der Waals surface area contributed by atoms with Crippen LogP contribution in [-0.2, 0) is 16.8 Å². The number of aryl methyl sites for hydroxylation is 1. The number of aliphatic hydroxyl groups is 1. The number of benzene rings is 2. The molecular weight excluding hydrogens is 312 g/mol. The average Bonchev–Trinajstić information content (AvgIpc) is 2.95. The SMILES string of the molecule is O=C(CNC1(CO)CCc2ccccc21)Nc1ccc(Cl)cc1. The average molecular weight is 331 g/mol. The highest BCUT2D eigenvalue weighted by Crippen LogP contribution is 2.36. The summed E-state index contributed by atoms with van der Waals surface area (Å²) in [4.78, 5) is 12.1. The molecule has 1 amide bonds. The van der Waals surface area contributed by atoms with E-state index < -0.39 is 5.54 Å². The largest absolute Gasteiger partial charge is 0.394 e. The van der Waals surface area contributed by atoms with Crippen molar-refractivity contribution in [1.29, 1.82) is 0 Å². The molecule has 23 heavy (non-hydrogen) atoms. The molecule has 0 fully saturated rings. The van der Waals surface area contributed by atoms with Crippen molar-refractivity contribution >= 4 is 23.2 Å². The van der Waals surface area contributed by atoms with E-state index in [2.05, 4.69) is 16.7 Å². The van der Waals surface area contributed by atoms with Gasteiger partial charge in [-0.3, -0.25) is 10.1 Å². The molecule has 4 nitrogen and oxygen atoms in total. The minimum absolute atomic E-state index is 0.0295. The summed E-state index contributed by atoms with van der Waals surface area (Å²) in [6.45, 7) is 0.107. The highest BCUT2D eigenvalue weighted by molar-refractivity contribution is 6.30. The Kier molecular flexibility index (Phi) is 4.66. The fourth-order valence-electron chi connectivity index (χ4n) is 3.08. The number of hydrogen-bond donors (Lipinski definition) is 3. The summed E-state index contributed by atoms with van der Waals surface area (Å²) in [5, 5.41) is 16.6. The third-order valence-electron chi connectivity index (χ3n) is 4.34. The van der Waals surface area contributed by atoms with E-state index >= 15 is 0 Å². The van der Waals surface area contributed by atoms with Crippen molar-refractivity contribution in [3.63, 3.8) is 0 Å². The fourth-order valence-corrected chi connectivity index (χ4v) is 3.21. The Balaban J connectivity index is 1.65. The highest BCUT2D eigenvalue weighted by Gasteiger charge is 2.37. The second-order valence-electron chi connectivity index (χ2n) is 5.81. The minimum atomic E-state index is -0.534. The second kappa shape index (κ2) is 6.71. The van der Waals surface area contributed by atoms with E-state index in [0.717, 1.165) is 18.4 Å². The van der Waals surface area contributed by atoms with Crippen LogP contribution < -0.4 is 10.6 Å². The Morgan fingerprint density at radius 1 is 1.17 bits per heavy atom. The van der Waals surface area contributed by atoms with Gasteiger partial charge in [0, 0.05) is 10.7 Å². The van der Waals surface area contributed by atoms with E-state index in [9.17, 15) is 9.90 Å². The lowest BCUT2D eigenvalue weighted by molar-refractivity contribution is -0.115. The molecule has 3 N–H and O–H groups in total. The molecule has 0 saturated heterocycles. The van der Waals surface area contributed by atoms with Crippen molar-refractivity contribution in [2.24, 2.45) is 0 Å². The molecule has 0 spiro atoms. The molecule has 5 heteroatoms. The summed E-state index contributed by atoms with van der Waals surface area (Å²) in [5.41, 5.74) is 2.48. The van der Waals surface area contributed by atoms with Crippen molar-refractivity contribution < 1.29 is 9.90 Å². The number of rotatable bonds is 5. The van der Waals surface area contributed by atoms with Crippen LogP contribution in [0.15, 0.2) is 48.5 Å². The zero-order valence-corrected chi connectivity index (χ0v) is 13.4. The molecule has 1 aliphatic rings. The first-order valence-electron chi connectivity index (χ1n) is 7.63. The van der Waals surface area contributed by atoms with Gasteiger partial charge < -0.3 is 10.4 Å². The molecule has 1 atom stereocenters. The number of carbonyl (C=O) groups excluding carboxylic acids is 1. The van der Waals surface area contributed by atoms with Crippen LogP contribution in [0.4, 0.5) is 5.69 Å². The van der Waals surface area contributed by atoms with Gasteiger partial charge in [-0.05, 0) is 48.2 Å². The third kappa shape index (κ3) is 3.39. The molecule has 0 heterocycles. The molecule has 2 aromatic rings. The number of aliphatic hydroxyl groups excluding tert-OH is 1. The molecule has 2 aromatic carbocycles. The van der Waals surface area contributed by atoms with Crippen molar-refractivity contribution in [2.75, 3.05) is 18.5 Å². The van der Waals surface area contributed by atoms with Crippen LogP contribution >= 0.6 is 11.6 Å². The number of anilines is 1. The molecule has 120 valence electrons. The molecule has 0 bridgehead atoms. The third-order valence-corrected chi connectivity index (χ3v) is 4.59. The second-order valence-corrected chi connectivity index (χ2v) is 6.24. The van der Waals surface area contributed by atoms with E-state index in [1.54, 1.807) is 24.3 Å². The number of fused-ring (bicyclic) bond motifs is 1. The maximum Gasteiger partial charge on any atom is 0.238 e. The molecule has 1 aliphatic carbocycles. The standard InChI is InChI=1S/C18H19ClN2O2/c19-14-5-7-15(8-6-14)21-17(23)11-20-18(12-22)10-9-13-3-1-2-4-16(13)18/h1-8,20,22H,9-12H2,(H,21,23). The van der Waals surface area contributed by atoms with Crippen LogP contribution in [0.3, 0.4) is 0 Å². The van der Waals surface area contributed by atoms with E-state index in [4.69, 9.17) is 11.6 Å². The molecule has 0 aliphatic heterocycles. The summed E-state index contributed by atoms with van der Waals surface area (Å²) in [7, 11) is 0. The first-order valence-corrected chi connectivity index (χ1v) is 8.00. The molecule has 0 saturated carbocycles. The van der Waals surface area contributed by atoms with Crippen LogP contribution in [0.1, 0.15) is 17.5 Å². The van der Waals surface area contributed by atoms with Crippen molar-refractivity contribution in [2.45, 2.75) is 18.4 Å². The van der Waals surface area contributed by atoms with Crippen molar-refractivity contribution in [3.05, 3.63) is 64.7 Å². The van der Waals surface area contributed by atoms with Gasteiger partial charge in [-0.2, -0.15) is 0 Å². The fraction of sp³-hybridized carbons (Fsp3) is 0.278. The monoisotopic (exact) mass is 330 g/mol. The summed E-state index contributed by atoms with van der Waals surface area (Å²) in [6, 6.07) is 15.0. The molecule has 1 unspecified atom stereocenters. The number of amides is 1. The zero-order valence-electron chi connectivity index (χ0n) is 12.7. The summed E-state index contributed by atoms with van der Waals surface area (Å²) in [6.07, 6.45) is 1.69. The van der Waals surface area contributed by atoms with Gasteiger partial charge in [-0.15, -0.1) is 0 Å². The van der Waals surface area contributed by atoms with Gasteiger partial charge >= 0.3 is 0 Å². The predicted octanol–water partition coefficient (Wildman–Crippen LogP) is 2.70. The van der Waals surface area contributed by atoms with Gasteiger partial charge in [0.1, 0.15) is 0 Å². The lowest BCUT2D eigenvalue weighted by Crippen LogP contribution is -2.47. The molecule has 3 rings (SSSR count). The molecular formula is C18H19ClN2O2. The Hall–Kier alpha value is -1.88. The highest BCUT2D eigenvalue weighted by atomic mass is 35.5. The summed E-state index contributed by atoms with van der Waals surface area (Å²) >= 11 is 5.83. The smallest absolute Gasteiger partial charge is 0.238 e. The number of nitrogens with one attached hydrogen (secondary N) is 2. The van der Waals surface area contributed by atoms with Crippen molar-refractivity contribution in [1.82, 2.24) is 5.32 Å². The van der Waals surface area contributed by atoms with Gasteiger partial charge in [0.25, 0.3) is 0 Å². The maximum atomic E-state index is 12.1. The van der Waals surface area contributed by atoms with Gasteiger partial charge in [-0.25, -0.2) is 0 Å². The van der Waals surface area contributed by atoms with Crippen LogP contribution in [0, 0.1) is 0 Å². The lowest BCUT2D eigenvalue weighted by atomic mass is 9.92. The lowest BCUT2D eigenvalue weighted by Gasteiger charge is -2.29. The Bertz CT molecular complexity index is 702. The molecule has 0 aromatic heterocycles. The van der Waals surface area contributed by atoms with E-state index in [1.165, 1.54) is 5.56 Å². The van der Waals surface area contributed by atoms with Crippen LogP contribution in [0.25, 0.3) is 0 Å². The molecule has 0 radical (unpaired) electrons. The minimum Gasteiger partial charge on any atom is -0.394 e. The Morgan fingerprint density at radius 3 is 2.65 bits per heavy atom. The van der Waals surface area contributed by atoms with Gasteiger partial charge in [0.15, 0.2) is 0 Å². The van der Waals surface area contributed by atoms with Crippen molar-refractivity contribution in [3.8, 4) is 0 Å². The first-order chi connectivity index (χ1) is 11.1. The maximum absolute atomic E-state index is 12.1. The summed E-state index contributed by atoms with van der Waals surface area (Å²) in [5.74, 6) is -0.149. The normalized spacial score (nSPS) is 19.4. The summed E-state index contributed by atoms with van der Waals surface area (Å²) < 4.78 is 0. The van der Waals surface area contributed by atoms with E-state index in [-0.39, 0.29) is 19.1 Å². The Labute approximate surface area is 140 Å². The quantitative estimate of drug-likeness (QED) is 0.790. The van der Waals surface area contributed by atoms with Crippen LogP contribution in [-0.4, -0.2) is 24.2 Å². The topological polar surface area (TPSA) is 61.4 Å². The number of halogens is 1. The Morgan fingerprint density at radius 2 is 1.91 bits per heavy atom. The first kappa shape index (κ1) is 16.0. The van der Waals surface area contributed by atoms with E-state index in [1.807, 2.05) is 18.2 Å². The van der Waals surface area contributed by atoms with Crippen LogP contribution in [0.5, 0.6) is 0 Å². The van der Waals surface area contributed by atoms with Gasteiger partial charge in [0.2, 0.25) is 5.91 Å².